The molecule has 0 saturated heterocycles. The lowest BCUT2D eigenvalue weighted by atomic mass is 10.4. The Labute approximate surface area is 95.0 Å². The van der Waals surface area contributed by atoms with Crippen LogP contribution in [-0.4, -0.2) is 31.7 Å². The number of hydrogen-bond donors (Lipinski definition) is 1. The second-order valence-electron chi connectivity index (χ2n) is 2.82. The van der Waals surface area contributed by atoms with E-state index in [4.69, 9.17) is 10.5 Å². The summed E-state index contributed by atoms with van der Waals surface area (Å²) >= 11 is 1.16. The predicted molar refractivity (Wildman–Crippen MR) is 57.4 cm³/mol. The van der Waals surface area contributed by atoms with Crippen LogP contribution >= 0.6 is 11.5 Å². The van der Waals surface area contributed by atoms with Gasteiger partial charge in [0.2, 0.25) is 0 Å². The maximum Gasteiger partial charge on any atom is 0.360 e. The summed E-state index contributed by atoms with van der Waals surface area (Å²) in [6, 6.07) is 0. The fourth-order valence-corrected chi connectivity index (χ4v) is 1.66. The molecule has 2 heterocycles. The summed E-state index contributed by atoms with van der Waals surface area (Å²) in [5.74, 6) is -0.305. The van der Waals surface area contributed by atoms with Crippen LogP contribution in [-0.2, 0) is 4.74 Å². The quantitative estimate of drug-likeness (QED) is 0.783. The minimum Gasteiger partial charge on any atom is -0.461 e. The fraction of sp³-hybridized carbons (Fsp3) is 0.250. The Morgan fingerprint density at radius 3 is 3.12 bits per heavy atom. The van der Waals surface area contributed by atoms with Gasteiger partial charge in [-0.05, 0) is 6.92 Å². The zero-order valence-corrected chi connectivity index (χ0v) is 9.27. The molecule has 84 valence electrons. The van der Waals surface area contributed by atoms with E-state index in [9.17, 15) is 4.79 Å². The molecule has 0 amide bonds. The molecular weight excluding hydrogens is 230 g/mol. The number of carbonyl (C=O) groups excluding carboxylic acids is 1. The SMILES string of the molecule is CCOC(=O)c1ncn(-c2cnns2)c1N. The second kappa shape index (κ2) is 4.27. The van der Waals surface area contributed by atoms with E-state index in [1.165, 1.54) is 17.1 Å². The number of imidazole rings is 1. The van der Waals surface area contributed by atoms with Crippen molar-refractivity contribution in [1.29, 1.82) is 0 Å². The largest absolute Gasteiger partial charge is 0.461 e. The maximum atomic E-state index is 11.4. The molecule has 0 aliphatic heterocycles. The van der Waals surface area contributed by atoms with Gasteiger partial charge in [-0.25, -0.2) is 9.78 Å². The molecule has 0 saturated carbocycles. The number of carbonyl (C=O) groups is 1. The average Bonchev–Trinajstić information content (AvgIpc) is 2.86. The van der Waals surface area contributed by atoms with Crippen molar-refractivity contribution < 1.29 is 9.53 Å². The van der Waals surface area contributed by atoms with Crippen molar-refractivity contribution in [2.24, 2.45) is 0 Å². The molecule has 0 aliphatic carbocycles. The molecule has 0 aromatic carbocycles. The Bertz CT molecular complexity index is 493. The summed E-state index contributed by atoms with van der Waals surface area (Å²) in [7, 11) is 0. The van der Waals surface area contributed by atoms with Crippen molar-refractivity contribution >= 4 is 23.3 Å². The second-order valence-corrected chi connectivity index (χ2v) is 3.59. The summed E-state index contributed by atoms with van der Waals surface area (Å²) in [5, 5.41) is 4.37. The van der Waals surface area contributed by atoms with Gasteiger partial charge in [-0.3, -0.25) is 4.57 Å². The van der Waals surface area contributed by atoms with E-state index in [0.717, 1.165) is 11.5 Å². The molecule has 0 fully saturated rings. The molecule has 2 aromatic heterocycles. The van der Waals surface area contributed by atoms with Gasteiger partial charge < -0.3 is 10.5 Å². The highest BCUT2D eigenvalue weighted by molar-refractivity contribution is 7.08. The smallest absolute Gasteiger partial charge is 0.360 e. The number of hydrogen-bond acceptors (Lipinski definition) is 7. The zero-order valence-electron chi connectivity index (χ0n) is 8.45. The van der Waals surface area contributed by atoms with Gasteiger partial charge in [-0.15, -0.1) is 5.10 Å². The van der Waals surface area contributed by atoms with Crippen molar-refractivity contribution in [3.05, 3.63) is 18.2 Å². The van der Waals surface area contributed by atoms with Gasteiger partial charge in [0.25, 0.3) is 0 Å². The van der Waals surface area contributed by atoms with Gasteiger partial charge in [0, 0.05) is 11.5 Å². The molecule has 0 spiro atoms. The van der Waals surface area contributed by atoms with Gasteiger partial charge >= 0.3 is 5.97 Å². The van der Waals surface area contributed by atoms with Crippen molar-refractivity contribution in [1.82, 2.24) is 19.1 Å². The minimum absolute atomic E-state index is 0.107. The molecule has 2 aromatic rings. The van der Waals surface area contributed by atoms with E-state index < -0.39 is 5.97 Å². The first-order chi connectivity index (χ1) is 7.74. The lowest BCUT2D eigenvalue weighted by Gasteiger charge is -2.01. The van der Waals surface area contributed by atoms with Gasteiger partial charge in [0.05, 0.1) is 12.8 Å². The average molecular weight is 239 g/mol. The van der Waals surface area contributed by atoms with E-state index in [1.807, 2.05) is 0 Å². The molecule has 0 atom stereocenters. The lowest BCUT2D eigenvalue weighted by Crippen LogP contribution is -2.09. The number of nitrogens with zero attached hydrogens (tertiary/aromatic N) is 4. The van der Waals surface area contributed by atoms with Crippen LogP contribution in [0.3, 0.4) is 0 Å². The van der Waals surface area contributed by atoms with Crippen LogP contribution < -0.4 is 5.73 Å². The van der Waals surface area contributed by atoms with E-state index >= 15 is 0 Å². The minimum atomic E-state index is -0.531. The number of nitrogens with two attached hydrogens (primary N) is 1. The number of ether oxygens (including phenoxy) is 1. The van der Waals surface area contributed by atoms with Crippen molar-refractivity contribution in [2.75, 3.05) is 12.3 Å². The zero-order chi connectivity index (χ0) is 11.5. The molecule has 7 nitrogen and oxygen atoms in total. The highest BCUT2D eigenvalue weighted by Gasteiger charge is 2.18. The van der Waals surface area contributed by atoms with E-state index in [-0.39, 0.29) is 18.1 Å². The van der Waals surface area contributed by atoms with Crippen LogP contribution in [0.25, 0.3) is 5.00 Å². The van der Waals surface area contributed by atoms with Crippen molar-refractivity contribution in [2.45, 2.75) is 6.92 Å². The van der Waals surface area contributed by atoms with Gasteiger partial charge in [-0.1, -0.05) is 4.49 Å². The highest BCUT2D eigenvalue weighted by atomic mass is 32.1. The molecule has 2 rings (SSSR count). The Balaban J connectivity index is 2.35. The number of aromatic nitrogens is 4. The van der Waals surface area contributed by atoms with Crippen LogP contribution in [0, 0.1) is 0 Å². The number of nitrogen functional groups attached to an aromatic ring is 1. The third kappa shape index (κ3) is 1.74. The van der Waals surface area contributed by atoms with Crippen LogP contribution in [0.4, 0.5) is 5.82 Å². The molecular formula is C8H9N5O2S. The maximum absolute atomic E-state index is 11.4. The molecule has 0 aliphatic rings. The van der Waals surface area contributed by atoms with Gasteiger partial charge in [0.1, 0.15) is 17.1 Å². The van der Waals surface area contributed by atoms with Crippen LogP contribution in [0.5, 0.6) is 0 Å². The molecule has 2 N–H and O–H groups in total. The summed E-state index contributed by atoms with van der Waals surface area (Å²) in [4.78, 5) is 15.3. The Morgan fingerprint density at radius 2 is 2.50 bits per heavy atom. The molecule has 8 heteroatoms. The van der Waals surface area contributed by atoms with E-state index in [1.54, 1.807) is 6.92 Å². The third-order valence-corrected chi connectivity index (χ3v) is 2.53. The first kappa shape index (κ1) is 10.6. The molecule has 0 unspecified atom stereocenters. The number of esters is 1. The third-order valence-electron chi connectivity index (χ3n) is 1.86. The summed E-state index contributed by atoms with van der Waals surface area (Å²) in [6.07, 6.45) is 2.98. The van der Waals surface area contributed by atoms with Crippen LogP contribution in [0.2, 0.25) is 0 Å². The topological polar surface area (TPSA) is 95.9 Å². The van der Waals surface area contributed by atoms with E-state index in [2.05, 4.69) is 14.6 Å². The van der Waals surface area contributed by atoms with Gasteiger partial charge in [-0.2, -0.15) is 0 Å². The first-order valence-electron chi connectivity index (χ1n) is 4.51. The predicted octanol–water partition coefficient (Wildman–Crippen LogP) is 0.483. The fourth-order valence-electron chi connectivity index (χ4n) is 1.16. The summed E-state index contributed by atoms with van der Waals surface area (Å²) in [6.45, 7) is 2.01. The summed E-state index contributed by atoms with van der Waals surface area (Å²) in [5.41, 5.74) is 5.88. The van der Waals surface area contributed by atoms with Crippen molar-refractivity contribution in [3.63, 3.8) is 0 Å². The molecule has 16 heavy (non-hydrogen) atoms. The normalized spacial score (nSPS) is 10.3. The van der Waals surface area contributed by atoms with Crippen molar-refractivity contribution in [3.8, 4) is 5.00 Å². The van der Waals surface area contributed by atoms with Crippen LogP contribution in [0.15, 0.2) is 12.5 Å². The van der Waals surface area contributed by atoms with E-state index in [0.29, 0.717) is 5.00 Å². The highest BCUT2D eigenvalue weighted by Crippen LogP contribution is 2.18. The molecule has 0 radical (unpaired) electrons. The lowest BCUT2D eigenvalue weighted by molar-refractivity contribution is 0.0521. The molecule has 0 bridgehead atoms. The number of rotatable bonds is 3. The Morgan fingerprint density at radius 1 is 1.69 bits per heavy atom. The Kier molecular flexibility index (Phi) is 2.82. The van der Waals surface area contributed by atoms with Gasteiger partial charge in [0.15, 0.2) is 5.69 Å². The first-order valence-corrected chi connectivity index (χ1v) is 5.29. The Hall–Kier alpha value is -1.96. The summed E-state index contributed by atoms with van der Waals surface area (Å²) < 4.78 is 10.1. The number of anilines is 1. The monoisotopic (exact) mass is 239 g/mol. The standard InChI is InChI=1S/C8H9N5O2S/c1-2-15-8(14)6-7(9)13(4-10-6)5-3-11-12-16-5/h3-4H,2,9H2,1H3. The van der Waals surface area contributed by atoms with Crippen LogP contribution in [0.1, 0.15) is 17.4 Å².